The molecule has 0 bridgehead atoms. The van der Waals surface area contributed by atoms with E-state index in [1.54, 1.807) is 23.1 Å². The summed E-state index contributed by atoms with van der Waals surface area (Å²) in [5, 5.41) is 11.9. The number of carbonyl (C=O) groups is 1. The molecule has 2 amide bonds. The monoisotopic (exact) mass is 294 g/mol. The molecule has 0 saturated carbocycles. The second-order valence-corrected chi connectivity index (χ2v) is 4.48. The number of halogens is 1. The number of rotatable bonds is 4. The van der Waals surface area contributed by atoms with Gasteiger partial charge in [0, 0.05) is 25.1 Å². The number of carbonyl (C=O) groups excluding carboxylic acids is 1. The molecule has 1 rings (SSSR count). The summed E-state index contributed by atoms with van der Waals surface area (Å²) in [6.45, 7) is 5.14. The molecule has 0 aliphatic carbocycles. The molecule has 20 heavy (non-hydrogen) atoms. The predicted octanol–water partition coefficient (Wildman–Crippen LogP) is 2.95. The van der Waals surface area contributed by atoms with Gasteiger partial charge in [0.2, 0.25) is 0 Å². The lowest BCUT2D eigenvalue weighted by Crippen LogP contribution is -2.34. The Morgan fingerprint density at radius 1 is 1.40 bits per heavy atom. The first-order chi connectivity index (χ1) is 9.62. The average molecular weight is 295 g/mol. The van der Waals surface area contributed by atoms with Gasteiger partial charge >= 0.3 is 6.03 Å². The number of urea groups is 1. The van der Waals surface area contributed by atoms with Gasteiger partial charge in [-0.05, 0) is 32.0 Å². The highest BCUT2D eigenvalue weighted by molar-refractivity contribution is 6.33. The van der Waals surface area contributed by atoms with E-state index in [4.69, 9.17) is 16.7 Å². The number of hydrogen-bond donors (Lipinski definition) is 2. The Morgan fingerprint density at radius 2 is 2.10 bits per heavy atom. The van der Waals surface area contributed by atoms with Crippen LogP contribution < -0.4 is 5.32 Å². The molecular weight excluding hydrogens is 276 g/mol. The molecule has 0 fully saturated rings. The quantitative estimate of drug-likeness (QED) is 0.839. The third-order valence-electron chi connectivity index (χ3n) is 2.73. The molecule has 2 N–H and O–H groups in total. The summed E-state index contributed by atoms with van der Waals surface area (Å²) >= 11 is 6.07. The SMILES string of the molecule is CCN(CC)C(=O)Nc1cc(C#CCCO)ccc1Cl. The largest absolute Gasteiger partial charge is 0.395 e. The fourth-order valence-electron chi connectivity index (χ4n) is 1.62. The average Bonchev–Trinajstić information content (AvgIpc) is 2.44. The lowest BCUT2D eigenvalue weighted by atomic mass is 10.2. The van der Waals surface area contributed by atoms with Gasteiger partial charge in [-0.25, -0.2) is 4.79 Å². The van der Waals surface area contributed by atoms with Crippen molar-refractivity contribution in [1.29, 1.82) is 0 Å². The molecule has 0 aliphatic rings. The maximum absolute atomic E-state index is 12.0. The van der Waals surface area contributed by atoms with Crippen molar-refractivity contribution in [1.82, 2.24) is 4.90 Å². The molecule has 0 heterocycles. The smallest absolute Gasteiger partial charge is 0.321 e. The first-order valence-electron chi connectivity index (χ1n) is 6.57. The Balaban J connectivity index is 2.87. The van der Waals surface area contributed by atoms with Gasteiger partial charge < -0.3 is 15.3 Å². The van der Waals surface area contributed by atoms with Crippen molar-refractivity contribution in [3.63, 3.8) is 0 Å². The zero-order valence-corrected chi connectivity index (χ0v) is 12.5. The zero-order chi connectivity index (χ0) is 15.0. The molecule has 0 unspecified atom stereocenters. The molecule has 108 valence electrons. The summed E-state index contributed by atoms with van der Waals surface area (Å²) in [5.41, 5.74) is 1.29. The third kappa shape index (κ3) is 4.76. The van der Waals surface area contributed by atoms with Crippen molar-refractivity contribution >= 4 is 23.3 Å². The summed E-state index contributed by atoms with van der Waals surface area (Å²) < 4.78 is 0. The Kier molecular flexibility index (Phi) is 6.92. The zero-order valence-electron chi connectivity index (χ0n) is 11.7. The van der Waals surface area contributed by atoms with Gasteiger partial charge in [0.05, 0.1) is 17.3 Å². The summed E-state index contributed by atoms with van der Waals surface area (Å²) in [6, 6.07) is 5.02. The number of aliphatic hydroxyl groups excluding tert-OH is 1. The Labute approximate surface area is 124 Å². The van der Waals surface area contributed by atoms with E-state index in [0.717, 1.165) is 5.56 Å². The number of anilines is 1. The van der Waals surface area contributed by atoms with Crippen molar-refractivity contribution in [2.75, 3.05) is 25.0 Å². The predicted molar refractivity (Wildman–Crippen MR) is 82.0 cm³/mol. The molecule has 0 aromatic heterocycles. The lowest BCUT2D eigenvalue weighted by Gasteiger charge is -2.19. The van der Waals surface area contributed by atoms with E-state index < -0.39 is 0 Å². The molecule has 5 heteroatoms. The molecule has 0 atom stereocenters. The molecule has 1 aromatic carbocycles. The number of nitrogens with zero attached hydrogens (tertiary/aromatic N) is 1. The van der Waals surface area contributed by atoms with Crippen molar-refractivity contribution in [2.45, 2.75) is 20.3 Å². The molecule has 0 aliphatic heterocycles. The van der Waals surface area contributed by atoms with Gasteiger partial charge in [-0.2, -0.15) is 0 Å². The molecular formula is C15H19ClN2O2. The van der Waals surface area contributed by atoms with Crippen LogP contribution in [0.1, 0.15) is 25.8 Å². The second-order valence-electron chi connectivity index (χ2n) is 4.07. The number of amides is 2. The fraction of sp³-hybridized carbons (Fsp3) is 0.400. The number of nitrogens with one attached hydrogen (secondary N) is 1. The van der Waals surface area contributed by atoms with E-state index >= 15 is 0 Å². The number of aliphatic hydroxyl groups is 1. The summed E-state index contributed by atoms with van der Waals surface area (Å²) in [6.07, 6.45) is 0.420. The van der Waals surface area contributed by atoms with Gasteiger partial charge in [0.15, 0.2) is 0 Å². The van der Waals surface area contributed by atoms with Crippen LogP contribution in [0.5, 0.6) is 0 Å². The lowest BCUT2D eigenvalue weighted by molar-refractivity contribution is 0.217. The minimum atomic E-state index is -0.183. The van der Waals surface area contributed by atoms with Crippen molar-refractivity contribution in [3.05, 3.63) is 28.8 Å². The second kappa shape index (κ2) is 8.47. The molecule has 4 nitrogen and oxygen atoms in total. The van der Waals surface area contributed by atoms with Crippen LogP contribution in [0.25, 0.3) is 0 Å². The summed E-state index contributed by atoms with van der Waals surface area (Å²) in [7, 11) is 0. The van der Waals surface area contributed by atoms with Crippen LogP contribution in [0.4, 0.5) is 10.5 Å². The highest BCUT2D eigenvalue weighted by atomic mass is 35.5. The minimum Gasteiger partial charge on any atom is -0.395 e. The van der Waals surface area contributed by atoms with E-state index in [1.165, 1.54) is 0 Å². The summed E-state index contributed by atoms with van der Waals surface area (Å²) in [5.74, 6) is 5.74. The van der Waals surface area contributed by atoms with Crippen LogP contribution in [0.15, 0.2) is 18.2 Å². The van der Waals surface area contributed by atoms with E-state index in [-0.39, 0.29) is 12.6 Å². The van der Waals surface area contributed by atoms with E-state index in [2.05, 4.69) is 17.2 Å². The first-order valence-corrected chi connectivity index (χ1v) is 6.95. The molecule has 1 aromatic rings. The normalized spacial score (nSPS) is 9.60. The third-order valence-corrected chi connectivity index (χ3v) is 3.06. The minimum absolute atomic E-state index is 0.0339. The van der Waals surface area contributed by atoms with Gasteiger partial charge in [-0.3, -0.25) is 0 Å². The van der Waals surface area contributed by atoms with Gasteiger partial charge in [0.25, 0.3) is 0 Å². The molecule has 0 radical (unpaired) electrons. The maximum atomic E-state index is 12.0. The standard InChI is InChI=1S/C15H19ClN2O2/c1-3-18(4-2)15(20)17-14-11-12(7-5-6-10-19)8-9-13(14)16/h8-9,11,19H,3-4,6,10H2,1-2H3,(H,17,20). The van der Waals surface area contributed by atoms with Gasteiger partial charge in [-0.15, -0.1) is 0 Å². The van der Waals surface area contributed by atoms with E-state index in [0.29, 0.717) is 30.2 Å². The Hall–Kier alpha value is -1.70. The van der Waals surface area contributed by atoms with Crippen LogP contribution >= 0.6 is 11.6 Å². The van der Waals surface area contributed by atoms with E-state index in [9.17, 15) is 4.79 Å². The highest BCUT2D eigenvalue weighted by Gasteiger charge is 2.11. The van der Waals surface area contributed by atoms with Crippen LogP contribution in [-0.4, -0.2) is 35.7 Å². The number of benzene rings is 1. The van der Waals surface area contributed by atoms with E-state index in [1.807, 2.05) is 13.8 Å². The Bertz CT molecular complexity index is 516. The van der Waals surface area contributed by atoms with Crippen molar-refractivity contribution in [2.24, 2.45) is 0 Å². The first kappa shape index (κ1) is 16.4. The van der Waals surface area contributed by atoms with Crippen LogP contribution in [0.3, 0.4) is 0 Å². The van der Waals surface area contributed by atoms with Gasteiger partial charge in [-0.1, -0.05) is 23.4 Å². The molecule has 0 spiro atoms. The maximum Gasteiger partial charge on any atom is 0.321 e. The number of hydrogen-bond acceptors (Lipinski definition) is 2. The van der Waals surface area contributed by atoms with Crippen molar-refractivity contribution in [3.8, 4) is 11.8 Å². The topological polar surface area (TPSA) is 52.6 Å². The van der Waals surface area contributed by atoms with Crippen LogP contribution in [0, 0.1) is 11.8 Å². The fourth-order valence-corrected chi connectivity index (χ4v) is 1.79. The van der Waals surface area contributed by atoms with Gasteiger partial charge in [0.1, 0.15) is 0 Å². The molecule has 0 saturated heterocycles. The Morgan fingerprint density at radius 3 is 2.70 bits per heavy atom. The van der Waals surface area contributed by atoms with Crippen molar-refractivity contribution < 1.29 is 9.90 Å². The summed E-state index contributed by atoms with van der Waals surface area (Å²) in [4.78, 5) is 13.7. The highest BCUT2D eigenvalue weighted by Crippen LogP contribution is 2.23. The van der Waals surface area contributed by atoms with Crippen LogP contribution in [0.2, 0.25) is 5.02 Å². The van der Waals surface area contributed by atoms with Crippen LogP contribution in [-0.2, 0) is 0 Å².